The average Bonchev–Trinajstić information content (AvgIpc) is 2.52. The van der Waals surface area contributed by atoms with E-state index in [1.54, 1.807) is 12.4 Å². The smallest absolute Gasteiger partial charge is 0.238 e. The second kappa shape index (κ2) is 6.52. The largest absolute Gasteiger partial charge is 0.345 e. The van der Waals surface area contributed by atoms with Crippen molar-refractivity contribution >= 4 is 23.5 Å². The number of benzene rings is 1. The van der Waals surface area contributed by atoms with E-state index in [1.165, 1.54) is 0 Å². The predicted molar refractivity (Wildman–Crippen MR) is 88.7 cm³/mol. The Balaban J connectivity index is 1.76. The van der Waals surface area contributed by atoms with E-state index in [4.69, 9.17) is 17.4 Å². The Morgan fingerprint density at radius 1 is 1.30 bits per heavy atom. The molecule has 1 heterocycles. The van der Waals surface area contributed by atoms with Gasteiger partial charge >= 0.3 is 0 Å². The van der Waals surface area contributed by atoms with E-state index in [9.17, 15) is 4.79 Å². The highest BCUT2D eigenvalue weighted by atomic mass is 35.5. The molecule has 0 aliphatic heterocycles. The molecule has 0 spiro atoms. The Kier molecular flexibility index (Phi) is 4.45. The number of amides is 1. The van der Waals surface area contributed by atoms with Gasteiger partial charge in [-0.25, -0.2) is 15.8 Å². The lowest BCUT2D eigenvalue weighted by molar-refractivity contribution is -0.120. The van der Waals surface area contributed by atoms with Crippen molar-refractivity contribution in [1.29, 1.82) is 0 Å². The Bertz CT molecular complexity index is 700. The first-order chi connectivity index (χ1) is 11.1. The Hall–Kier alpha value is -2.18. The first kappa shape index (κ1) is 15.7. The first-order valence-electron chi connectivity index (χ1n) is 7.46. The summed E-state index contributed by atoms with van der Waals surface area (Å²) in [5.41, 5.74) is 3.78. The molecule has 0 bridgehead atoms. The SMILES string of the molecule is NNC(=O)Cc1cnc(NC2(c3cccc(Cl)c3)CCC2)nc1. The van der Waals surface area contributed by atoms with Crippen molar-refractivity contribution in [2.75, 3.05) is 5.32 Å². The summed E-state index contributed by atoms with van der Waals surface area (Å²) in [6.07, 6.45) is 6.59. The number of halogens is 1. The van der Waals surface area contributed by atoms with Gasteiger partial charge in [0.05, 0.1) is 12.0 Å². The van der Waals surface area contributed by atoms with Gasteiger partial charge in [-0.2, -0.15) is 0 Å². The number of anilines is 1. The zero-order chi connectivity index (χ0) is 16.3. The van der Waals surface area contributed by atoms with E-state index in [0.29, 0.717) is 11.5 Å². The standard InChI is InChI=1S/C16H18ClN5O/c17-13-4-1-3-12(8-13)16(5-2-6-16)21-15-19-9-11(10-20-15)7-14(23)22-18/h1,3-4,8-10H,2,5-7,18H2,(H,22,23)(H,19,20,21). The molecule has 6 nitrogen and oxygen atoms in total. The van der Waals surface area contributed by atoms with Crippen LogP contribution in [0.4, 0.5) is 5.95 Å². The summed E-state index contributed by atoms with van der Waals surface area (Å²) in [5.74, 6) is 5.34. The average molecular weight is 332 g/mol. The second-order valence-corrected chi connectivity index (χ2v) is 6.17. The number of aromatic nitrogens is 2. The van der Waals surface area contributed by atoms with Crippen molar-refractivity contribution in [3.8, 4) is 0 Å². The van der Waals surface area contributed by atoms with Gasteiger partial charge in [-0.05, 0) is 42.5 Å². The second-order valence-electron chi connectivity index (χ2n) is 5.73. The number of rotatable bonds is 5. The maximum atomic E-state index is 11.2. The van der Waals surface area contributed by atoms with Crippen LogP contribution in [0.2, 0.25) is 5.02 Å². The number of nitrogens with zero attached hydrogens (tertiary/aromatic N) is 2. The van der Waals surface area contributed by atoms with E-state index in [0.717, 1.165) is 29.8 Å². The van der Waals surface area contributed by atoms with Crippen LogP contribution in [0.5, 0.6) is 0 Å². The van der Waals surface area contributed by atoms with Crippen LogP contribution >= 0.6 is 11.6 Å². The van der Waals surface area contributed by atoms with Crippen molar-refractivity contribution < 1.29 is 4.79 Å². The van der Waals surface area contributed by atoms with Crippen molar-refractivity contribution in [2.45, 2.75) is 31.2 Å². The third-order valence-electron chi connectivity index (χ3n) is 4.17. The van der Waals surface area contributed by atoms with Crippen molar-refractivity contribution in [2.24, 2.45) is 5.84 Å². The molecule has 7 heteroatoms. The lowest BCUT2D eigenvalue weighted by Crippen LogP contribution is -2.42. The zero-order valence-corrected chi connectivity index (χ0v) is 13.3. The molecule has 1 saturated carbocycles. The van der Waals surface area contributed by atoms with Gasteiger partial charge in [0, 0.05) is 17.4 Å². The van der Waals surface area contributed by atoms with Gasteiger partial charge in [0.25, 0.3) is 0 Å². The van der Waals surface area contributed by atoms with Crippen LogP contribution < -0.4 is 16.6 Å². The lowest BCUT2D eigenvalue weighted by atomic mass is 9.72. The molecule has 1 aromatic heterocycles. The lowest BCUT2D eigenvalue weighted by Gasteiger charge is -2.43. The molecule has 4 N–H and O–H groups in total. The van der Waals surface area contributed by atoms with E-state index >= 15 is 0 Å². The number of hydrogen-bond acceptors (Lipinski definition) is 5. The molecule has 1 amide bonds. The Morgan fingerprint density at radius 3 is 2.61 bits per heavy atom. The Morgan fingerprint density at radius 2 is 2.04 bits per heavy atom. The number of nitrogens with two attached hydrogens (primary N) is 1. The number of hydrazine groups is 1. The molecule has 23 heavy (non-hydrogen) atoms. The van der Waals surface area contributed by atoms with Crippen LogP contribution in [0, 0.1) is 0 Å². The third kappa shape index (κ3) is 3.43. The zero-order valence-electron chi connectivity index (χ0n) is 12.6. The molecule has 1 fully saturated rings. The van der Waals surface area contributed by atoms with E-state index in [-0.39, 0.29) is 17.9 Å². The molecule has 120 valence electrons. The molecule has 0 saturated heterocycles. The van der Waals surface area contributed by atoms with Gasteiger partial charge in [0.1, 0.15) is 0 Å². The van der Waals surface area contributed by atoms with Crippen LogP contribution in [0.15, 0.2) is 36.7 Å². The summed E-state index contributed by atoms with van der Waals surface area (Å²) < 4.78 is 0. The minimum absolute atomic E-state index is 0.163. The molecule has 0 radical (unpaired) electrons. The number of hydrogen-bond donors (Lipinski definition) is 3. The molecule has 1 aromatic carbocycles. The molecule has 0 unspecified atom stereocenters. The normalized spacial score (nSPS) is 15.6. The van der Waals surface area contributed by atoms with Crippen LogP contribution in [0.3, 0.4) is 0 Å². The van der Waals surface area contributed by atoms with Gasteiger partial charge in [0.2, 0.25) is 11.9 Å². The topological polar surface area (TPSA) is 92.9 Å². The van der Waals surface area contributed by atoms with Crippen LogP contribution in [-0.2, 0) is 16.8 Å². The maximum Gasteiger partial charge on any atom is 0.238 e. The van der Waals surface area contributed by atoms with Crippen LogP contribution in [0.25, 0.3) is 0 Å². The van der Waals surface area contributed by atoms with Crippen molar-refractivity contribution in [3.63, 3.8) is 0 Å². The summed E-state index contributed by atoms with van der Waals surface area (Å²) in [6, 6.07) is 7.87. The van der Waals surface area contributed by atoms with Crippen molar-refractivity contribution in [1.82, 2.24) is 15.4 Å². The van der Waals surface area contributed by atoms with Gasteiger partial charge in [0.15, 0.2) is 0 Å². The van der Waals surface area contributed by atoms with Crippen LogP contribution in [0.1, 0.15) is 30.4 Å². The van der Waals surface area contributed by atoms with E-state index < -0.39 is 0 Å². The quantitative estimate of drug-likeness (QED) is 0.443. The maximum absolute atomic E-state index is 11.2. The van der Waals surface area contributed by atoms with Crippen molar-refractivity contribution in [3.05, 3.63) is 52.8 Å². The molecule has 1 aliphatic carbocycles. The minimum atomic E-state index is -0.274. The summed E-state index contributed by atoms with van der Waals surface area (Å²) in [7, 11) is 0. The van der Waals surface area contributed by atoms with Gasteiger partial charge in [-0.3, -0.25) is 10.2 Å². The minimum Gasteiger partial charge on any atom is -0.345 e. The number of carbonyl (C=O) groups excluding carboxylic acids is 1. The molecule has 1 aliphatic rings. The van der Waals surface area contributed by atoms with Gasteiger partial charge in [-0.15, -0.1) is 0 Å². The Labute approximate surface area is 139 Å². The molecular weight excluding hydrogens is 314 g/mol. The molecule has 3 rings (SSSR count). The fraction of sp³-hybridized carbons (Fsp3) is 0.312. The fourth-order valence-corrected chi connectivity index (χ4v) is 2.95. The highest BCUT2D eigenvalue weighted by Crippen LogP contribution is 2.44. The first-order valence-corrected chi connectivity index (χ1v) is 7.84. The molecule has 2 aromatic rings. The monoisotopic (exact) mass is 331 g/mol. The van der Waals surface area contributed by atoms with Gasteiger partial charge < -0.3 is 5.32 Å². The molecule has 0 atom stereocenters. The summed E-state index contributed by atoms with van der Waals surface area (Å²) in [5, 5.41) is 4.15. The van der Waals surface area contributed by atoms with Gasteiger partial charge in [-0.1, -0.05) is 23.7 Å². The summed E-state index contributed by atoms with van der Waals surface area (Å²) in [6.45, 7) is 0. The predicted octanol–water partition coefficient (Wildman–Crippen LogP) is 2.15. The third-order valence-corrected chi connectivity index (χ3v) is 4.40. The van der Waals surface area contributed by atoms with E-state index in [2.05, 4.69) is 26.8 Å². The van der Waals surface area contributed by atoms with E-state index in [1.807, 2.05) is 18.2 Å². The highest BCUT2D eigenvalue weighted by Gasteiger charge is 2.39. The summed E-state index contributed by atoms with van der Waals surface area (Å²) >= 11 is 6.11. The number of nitrogens with one attached hydrogen (secondary N) is 2. The number of carbonyl (C=O) groups is 1. The highest BCUT2D eigenvalue weighted by molar-refractivity contribution is 6.30. The fourth-order valence-electron chi connectivity index (χ4n) is 2.76. The molecular formula is C16H18ClN5O. The van der Waals surface area contributed by atoms with Crippen LogP contribution in [-0.4, -0.2) is 15.9 Å². The summed E-state index contributed by atoms with van der Waals surface area (Å²) in [4.78, 5) is 19.9.